The molecule has 0 aliphatic carbocycles. The molecule has 152 valence electrons. The smallest absolute Gasteiger partial charge is 0.344 e. The van der Waals surface area contributed by atoms with Crippen molar-refractivity contribution in [1.29, 1.82) is 0 Å². The zero-order valence-corrected chi connectivity index (χ0v) is 17.1. The molecule has 1 aromatic heterocycles. The van der Waals surface area contributed by atoms with Crippen molar-refractivity contribution in [3.63, 3.8) is 0 Å². The van der Waals surface area contributed by atoms with Crippen molar-refractivity contribution < 1.29 is 19.1 Å². The van der Waals surface area contributed by atoms with E-state index in [1.54, 1.807) is 29.1 Å². The van der Waals surface area contributed by atoms with Crippen LogP contribution in [0.15, 0.2) is 48.7 Å². The molecule has 0 spiro atoms. The van der Waals surface area contributed by atoms with Crippen LogP contribution in [0, 0.1) is 0 Å². The van der Waals surface area contributed by atoms with E-state index in [4.69, 9.17) is 21.1 Å². The number of nitrogens with one attached hydrogen (secondary N) is 1. The second kappa shape index (κ2) is 8.96. The van der Waals surface area contributed by atoms with Crippen molar-refractivity contribution in [2.24, 2.45) is 0 Å². The molecule has 0 bridgehead atoms. The fourth-order valence-electron chi connectivity index (χ4n) is 2.83. The molecule has 7 nitrogen and oxygen atoms in total. The van der Waals surface area contributed by atoms with Gasteiger partial charge in [0.15, 0.2) is 12.7 Å². The third-order valence-corrected chi connectivity index (χ3v) is 4.59. The van der Waals surface area contributed by atoms with Crippen LogP contribution in [-0.2, 0) is 14.3 Å². The number of ether oxygens (including phenoxy) is 2. The van der Waals surface area contributed by atoms with Crippen molar-refractivity contribution >= 4 is 40.1 Å². The summed E-state index contributed by atoms with van der Waals surface area (Å²) in [6, 6.07) is 12.6. The number of halogens is 1. The van der Waals surface area contributed by atoms with Gasteiger partial charge in [-0.1, -0.05) is 35.9 Å². The van der Waals surface area contributed by atoms with Crippen LogP contribution < -0.4 is 10.1 Å². The van der Waals surface area contributed by atoms with Crippen LogP contribution in [0.2, 0.25) is 5.02 Å². The monoisotopic (exact) mass is 415 g/mol. The van der Waals surface area contributed by atoms with Gasteiger partial charge in [-0.25, -0.2) is 9.48 Å². The minimum absolute atomic E-state index is 0.0840. The number of nitrogens with zero attached hydrogens (tertiary/aromatic N) is 2. The molecular weight excluding hydrogens is 394 g/mol. The largest absolute Gasteiger partial charge is 0.481 e. The number of esters is 1. The first kappa shape index (κ1) is 20.7. The Balaban J connectivity index is 1.57. The summed E-state index contributed by atoms with van der Waals surface area (Å²) < 4.78 is 12.4. The number of anilines is 1. The van der Waals surface area contributed by atoms with E-state index in [1.807, 2.05) is 38.1 Å². The van der Waals surface area contributed by atoms with Crippen molar-refractivity contribution in [2.45, 2.75) is 32.9 Å². The summed E-state index contributed by atoms with van der Waals surface area (Å²) in [6.07, 6.45) is 0.611. The van der Waals surface area contributed by atoms with E-state index < -0.39 is 18.0 Å². The maximum Gasteiger partial charge on any atom is 0.344 e. The average Bonchev–Trinajstić information content (AvgIpc) is 3.16. The first-order valence-corrected chi connectivity index (χ1v) is 9.58. The van der Waals surface area contributed by atoms with Crippen molar-refractivity contribution in [1.82, 2.24) is 9.78 Å². The Morgan fingerprint density at radius 2 is 1.83 bits per heavy atom. The lowest BCUT2D eigenvalue weighted by atomic mass is 10.1. The molecule has 0 saturated heterocycles. The SMILES string of the molecule is CC(C)n1nccc1NC(=O)[C@H](C)OC(=O)COc1ccc(Cl)c2ccccc12. The second-order valence-electron chi connectivity index (χ2n) is 6.76. The number of fused-ring (bicyclic) bond motifs is 1. The summed E-state index contributed by atoms with van der Waals surface area (Å²) in [5, 5.41) is 9.08. The quantitative estimate of drug-likeness (QED) is 0.584. The Kier molecular flexibility index (Phi) is 6.39. The van der Waals surface area contributed by atoms with Crippen LogP contribution in [-0.4, -0.2) is 34.4 Å². The minimum atomic E-state index is -0.983. The molecule has 8 heteroatoms. The molecule has 1 N–H and O–H groups in total. The summed E-state index contributed by atoms with van der Waals surface area (Å²) >= 11 is 6.19. The lowest BCUT2D eigenvalue weighted by molar-refractivity contribution is -0.155. The van der Waals surface area contributed by atoms with Crippen molar-refractivity contribution in [2.75, 3.05) is 11.9 Å². The first-order chi connectivity index (χ1) is 13.9. The maximum absolute atomic E-state index is 12.3. The Bertz CT molecular complexity index is 1030. The molecule has 1 atom stereocenters. The number of hydrogen-bond donors (Lipinski definition) is 1. The van der Waals surface area contributed by atoms with Gasteiger partial charge in [-0.05, 0) is 32.9 Å². The predicted molar refractivity (Wildman–Crippen MR) is 111 cm³/mol. The summed E-state index contributed by atoms with van der Waals surface area (Å²) in [5.74, 6) is -0.0431. The standard InChI is InChI=1S/C21H22ClN3O4/c1-13(2)25-19(10-11-23-25)24-21(27)14(3)29-20(26)12-28-18-9-8-17(22)15-6-4-5-7-16(15)18/h4-11,13-14H,12H2,1-3H3,(H,24,27)/t14-/m0/s1. The Labute approximate surface area is 173 Å². The van der Waals surface area contributed by atoms with Crippen molar-refractivity contribution in [3.8, 4) is 5.75 Å². The number of carbonyl (C=O) groups is 2. The molecule has 3 aromatic rings. The highest BCUT2D eigenvalue weighted by molar-refractivity contribution is 6.35. The van der Waals surface area contributed by atoms with Gasteiger partial charge in [-0.3, -0.25) is 4.79 Å². The van der Waals surface area contributed by atoms with Gasteiger partial charge in [0.1, 0.15) is 11.6 Å². The molecule has 0 unspecified atom stereocenters. The number of hydrogen-bond acceptors (Lipinski definition) is 5. The Hall–Kier alpha value is -3.06. The normalized spacial score (nSPS) is 12.0. The fourth-order valence-corrected chi connectivity index (χ4v) is 3.06. The van der Waals surface area contributed by atoms with Crippen LogP contribution in [0.25, 0.3) is 10.8 Å². The molecule has 0 fully saturated rings. The zero-order valence-electron chi connectivity index (χ0n) is 16.4. The van der Waals surface area contributed by atoms with E-state index in [2.05, 4.69) is 10.4 Å². The van der Waals surface area contributed by atoms with Crippen LogP contribution in [0.4, 0.5) is 5.82 Å². The molecular formula is C21H22ClN3O4. The van der Waals surface area contributed by atoms with E-state index in [1.165, 1.54) is 6.92 Å². The van der Waals surface area contributed by atoms with Gasteiger partial charge in [-0.2, -0.15) is 5.10 Å². The molecule has 3 rings (SSSR count). The van der Waals surface area contributed by atoms with Gasteiger partial charge in [0.25, 0.3) is 5.91 Å². The van der Waals surface area contributed by atoms with E-state index in [0.717, 1.165) is 10.8 Å². The fraction of sp³-hybridized carbons (Fsp3) is 0.286. The molecule has 1 amide bonds. The van der Waals surface area contributed by atoms with E-state index in [9.17, 15) is 9.59 Å². The van der Waals surface area contributed by atoms with Crippen LogP contribution in [0.5, 0.6) is 5.75 Å². The molecule has 0 radical (unpaired) electrons. The molecule has 29 heavy (non-hydrogen) atoms. The third-order valence-electron chi connectivity index (χ3n) is 4.26. The summed E-state index contributed by atoms with van der Waals surface area (Å²) in [7, 11) is 0. The average molecular weight is 416 g/mol. The van der Waals surface area contributed by atoms with Gasteiger partial charge in [0, 0.05) is 27.9 Å². The van der Waals surface area contributed by atoms with Gasteiger partial charge >= 0.3 is 5.97 Å². The van der Waals surface area contributed by atoms with E-state index >= 15 is 0 Å². The maximum atomic E-state index is 12.3. The van der Waals surface area contributed by atoms with E-state index in [0.29, 0.717) is 16.6 Å². The second-order valence-corrected chi connectivity index (χ2v) is 7.16. The van der Waals surface area contributed by atoms with Crippen LogP contribution >= 0.6 is 11.6 Å². The number of aromatic nitrogens is 2. The summed E-state index contributed by atoms with van der Waals surface area (Å²) in [6.45, 7) is 5.07. The number of amides is 1. The van der Waals surface area contributed by atoms with Crippen LogP contribution in [0.3, 0.4) is 0 Å². The number of rotatable bonds is 7. The lowest BCUT2D eigenvalue weighted by Gasteiger charge is -2.16. The topological polar surface area (TPSA) is 82.5 Å². The number of benzene rings is 2. The van der Waals surface area contributed by atoms with Crippen molar-refractivity contribution in [3.05, 3.63) is 53.7 Å². The Morgan fingerprint density at radius 1 is 1.10 bits per heavy atom. The molecule has 1 heterocycles. The minimum Gasteiger partial charge on any atom is -0.481 e. The molecule has 0 aliphatic heterocycles. The predicted octanol–water partition coefficient (Wildman–Crippen LogP) is 4.22. The van der Waals surface area contributed by atoms with E-state index in [-0.39, 0.29) is 12.6 Å². The molecule has 2 aromatic carbocycles. The van der Waals surface area contributed by atoms with Crippen LogP contribution in [0.1, 0.15) is 26.8 Å². The summed E-state index contributed by atoms with van der Waals surface area (Å²) in [5.41, 5.74) is 0. The highest BCUT2D eigenvalue weighted by Gasteiger charge is 2.20. The zero-order chi connectivity index (χ0) is 21.0. The first-order valence-electron chi connectivity index (χ1n) is 9.20. The lowest BCUT2D eigenvalue weighted by Crippen LogP contribution is -2.32. The van der Waals surface area contributed by atoms with Gasteiger partial charge in [-0.15, -0.1) is 0 Å². The number of carbonyl (C=O) groups excluding carboxylic acids is 2. The van der Waals surface area contributed by atoms with Gasteiger partial charge in [0.05, 0.1) is 6.20 Å². The highest BCUT2D eigenvalue weighted by atomic mass is 35.5. The third kappa shape index (κ3) is 4.86. The van der Waals surface area contributed by atoms with Gasteiger partial charge in [0.2, 0.25) is 0 Å². The molecule has 0 saturated carbocycles. The molecule has 0 aliphatic rings. The highest BCUT2D eigenvalue weighted by Crippen LogP contribution is 2.31. The summed E-state index contributed by atoms with van der Waals surface area (Å²) in [4.78, 5) is 24.5. The Morgan fingerprint density at radius 3 is 2.55 bits per heavy atom. The van der Waals surface area contributed by atoms with Gasteiger partial charge < -0.3 is 14.8 Å².